The Morgan fingerprint density at radius 1 is 1.30 bits per heavy atom. The second kappa shape index (κ2) is 7.17. The molecule has 3 aromatic rings. The number of rotatable bonds is 6. The Morgan fingerprint density at radius 2 is 2.13 bits per heavy atom. The molecule has 0 fully saturated rings. The molecule has 6 nitrogen and oxygen atoms in total. The first-order valence-electron chi connectivity index (χ1n) is 7.05. The Labute approximate surface area is 137 Å². The lowest BCUT2D eigenvalue weighted by atomic mass is 10.1. The Morgan fingerprint density at radius 3 is 2.83 bits per heavy atom. The van der Waals surface area contributed by atoms with Gasteiger partial charge in [-0.15, -0.1) is 21.5 Å². The lowest BCUT2D eigenvalue weighted by Gasteiger charge is -2.04. The number of nitrogens with zero attached hydrogens (tertiary/aromatic N) is 3. The van der Waals surface area contributed by atoms with Crippen LogP contribution < -0.4 is 4.74 Å². The van der Waals surface area contributed by atoms with Gasteiger partial charge in [0, 0.05) is 11.3 Å². The van der Waals surface area contributed by atoms with Crippen LogP contribution in [0.15, 0.2) is 41.8 Å². The second-order valence-electron chi connectivity index (χ2n) is 4.90. The number of hydrogen-bond acceptors (Lipinski definition) is 6. The van der Waals surface area contributed by atoms with Crippen LogP contribution in [0.5, 0.6) is 5.75 Å². The second-order valence-corrected chi connectivity index (χ2v) is 5.90. The molecule has 0 saturated carbocycles. The summed E-state index contributed by atoms with van der Waals surface area (Å²) in [6, 6.07) is 10.1. The van der Waals surface area contributed by atoms with E-state index in [2.05, 4.69) is 32.8 Å². The molecule has 1 atom stereocenters. The Bertz CT molecular complexity index is 766. The van der Waals surface area contributed by atoms with E-state index in [1.165, 1.54) is 10.4 Å². The maximum Gasteiger partial charge on any atom is 0.206 e. The zero-order valence-corrected chi connectivity index (χ0v) is 13.3. The molecule has 0 aliphatic carbocycles. The van der Waals surface area contributed by atoms with Gasteiger partial charge in [-0.25, -0.2) is 0 Å². The SMILES string of the molecule is COc1ccc(Cc2sccc2C=CC(O)c2nn[nH]n2)cc1. The molecule has 2 N–H and O–H groups in total. The van der Waals surface area contributed by atoms with E-state index < -0.39 is 6.10 Å². The highest BCUT2D eigenvalue weighted by Gasteiger charge is 2.09. The van der Waals surface area contributed by atoms with Crippen LogP contribution in [0, 0.1) is 0 Å². The highest BCUT2D eigenvalue weighted by molar-refractivity contribution is 7.10. The molecule has 0 saturated heterocycles. The van der Waals surface area contributed by atoms with Gasteiger partial charge in [0.1, 0.15) is 11.9 Å². The first kappa shape index (κ1) is 15.4. The molecule has 0 amide bonds. The summed E-state index contributed by atoms with van der Waals surface area (Å²) in [5, 5.41) is 25.3. The van der Waals surface area contributed by atoms with Gasteiger partial charge in [-0.05, 0) is 40.8 Å². The molecule has 0 aliphatic rings. The number of nitrogens with one attached hydrogen (secondary N) is 1. The molecule has 3 rings (SSSR count). The Hall–Kier alpha value is -2.51. The van der Waals surface area contributed by atoms with Crippen LogP contribution in [0.1, 0.15) is 27.9 Å². The first-order valence-corrected chi connectivity index (χ1v) is 7.93. The molecule has 0 radical (unpaired) electrons. The molecule has 2 aromatic heterocycles. The Kier molecular flexibility index (Phi) is 4.80. The summed E-state index contributed by atoms with van der Waals surface area (Å²) >= 11 is 1.69. The van der Waals surface area contributed by atoms with Crippen LogP contribution in [-0.4, -0.2) is 32.8 Å². The van der Waals surface area contributed by atoms with Gasteiger partial charge >= 0.3 is 0 Å². The van der Waals surface area contributed by atoms with Crippen LogP contribution in [-0.2, 0) is 6.42 Å². The number of hydrogen-bond donors (Lipinski definition) is 2. The molecule has 7 heteroatoms. The highest BCUT2D eigenvalue weighted by Crippen LogP contribution is 2.24. The van der Waals surface area contributed by atoms with Crippen LogP contribution in [0.2, 0.25) is 0 Å². The maximum atomic E-state index is 9.96. The monoisotopic (exact) mass is 328 g/mol. The predicted molar refractivity (Wildman–Crippen MR) is 88.3 cm³/mol. The summed E-state index contributed by atoms with van der Waals surface area (Å²) in [5.41, 5.74) is 2.29. The van der Waals surface area contributed by atoms with Crippen molar-refractivity contribution in [2.75, 3.05) is 7.11 Å². The van der Waals surface area contributed by atoms with Crippen molar-refractivity contribution in [1.29, 1.82) is 0 Å². The standard InChI is InChI=1S/C16H16N4O2S/c1-22-13-5-2-11(3-6-13)10-15-12(8-9-23-15)4-7-14(21)16-17-19-20-18-16/h2-9,14,21H,10H2,1H3,(H,17,18,19,20). The summed E-state index contributed by atoms with van der Waals surface area (Å²) in [4.78, 5) is 1.23. The van der Waals surface area contributed by atoms with E-state index in [0.29, 0.717) is 0 Å². The number of ether oxygens (including phenoxy) is 1. The number of tetrazole rings is 1. The van der Waals surface area contributed by atoms with Gasteiger partial charge < -0.3 is 9.84 Å². The number of benzene rings is 1. The van der Waals surface area contributed by atoms with E-state index in [0.717, 1.165) is 17.7 Å². The first-order chi connectivity index (χ1) is 11.3. The zero-order valence-electron chi connectivity index (χ0n) is 12.5. The normalized spacial score (nSPS) is 12.6. The fraction of sp³-hybridized carbons (Fsp3) is 0.188. The summed E-state index contributed by atoms with van der Waals surface area (Å²) in [6.45, 7) is 0. The van der Waals surface area contributed by atoms with Gasteiger partial charge in [-0.2, -0.15) is 5.21 Å². The summed E-state index contributed by atoms with van der Waals surface area (Å²) in [6.07, 6.45) is 3.50. The number of H-pyrrole nitrogens is 1. The number of aliphatic hydroxyl groups excluding tert-OH is 1. The lowest BCUT2D eigenvalue weighted by Crippen LogP contribution is -1.96. The van der Waals surface area contributed by atoms with E-state index in [1.807, 2.05) is 29.7 Å². The molecule has 0 spiro atoms. The fourth-order valence-electron chi connectivity index (χ4n) is 2.15. The van der Waals surface area contributed by atoms with Crippen molar-refractivity contribution in [2.24, 2.45) is 0 Å². The third kappa shape index (κ3) is 3.82. The maximum absolute atomic E-state index is 9.96. The molecular formula is C16H16N4O2S. The van der Waals surface area contributed by atoms with Crippen LogP contribution >= 0.6 is 11.3 Å². The van der Waals surface area contributed by atoms with Crippen molar-refractivity contribution in [2.45, 2.75) is 12.5 Å². The molecule has 2 heterocycles. The minimum Gasteiger partial charge on any atom is -0.497 e. The quantitative estimate of drug-likeness (QED) is 0.726. The Balaban J connectivity index is 1.71. The molecule has 1 unspecified atom stereocenters. The van der Waals surface area contributed by atoms with Gasteiger partial charge in [0.2, 0.25) is 5.82 Å². The van der Waals surface area contributed by atoms with E-state index in [1.54, 1.807) is 24.5 Å². The summed E-state index contributed by atoms with van der Waals surface area (Å²) in [7, 11) is 1.66. The summed E-state index contributed by atoms with van der Waals surface area (Å²) in [5.74, 6) is 1.11. The minimum absolute atomic E-state index is 0.258. The minimum atomic E-state index is -0.873. The molecule has 0 aliphatic heterocycles. The number of aromatic nitrogens is 4. The third-order valence-electron chi connectivity index (χ3n) is 3.39. The zero-order chi connectivity index (χ0) is 16.1. The van der Waals surface area contributed by atoms with Gasteiger partial charge in [0.25, 0.3) is 0 Å². The summed E-state index contributed by atoms with van der Waals surface area (Å²) < 4.78 is 5.17. The van der Waals surface area contributed by atoms with Crippen LogP contribution in [0.25, 0.3) is 6.08 Å². The molecular weight excluding hydrogens is 312 g/mol. The van der Waals surface area contributed by atoms with Crippen molar-refractivity contribution < 1.29 is 9.84 Å². The topological polar surface area (TPSA) is 83.9 Å². The smallest absolute Gasteiger partial charge is 0.206 e. The lowest BCUT2D eigenvalue weighted by molar-refractivity contribution is 0.219. The van der Waals surface area contributed by atoms with Gasteiger partial charge in [-0.1, -0.05) is 23.4 Å². The molecule has 23 heavy (non-hydrogen) atoms. The van der Waals surface area contributed by atoms with E-state index in [9.17, 15) is 5.11 Å². The third-order valence-corrected chi connectivity index (χ3v) is 4.32. The molecule has 118 valence electrons. The van der Waals surface area contributed by atoms with Crippen molar-refractivity contribution in [3.8, 4) is 5.75 Å². The number of thiophene rings is 1. The number of aliphatic hydroxyl groups is 1. The highest BCUT2D eigenvalue weighted by atomic mass is 32.1. The van der Waals surface area contributed by atoms with Crippen molar-refractivity contribution in [3.05, 3.63) is 63.6 Å². The van der Waals surface area contributed by atoms with E-state index >= 15 is 0 Å². The number of methoxy groups -OCH3 is 1. The van der Waals surface area contributed by atoms with Gasteiger partial charge in [-0.3, -0.25) is 0 Å². The van der Waals surface area contributed by atoms with Crippen molar-refractivity contribution in [1.82, 2.24) is 20.6 Å². The average molecular weight is 328 g/mol. The van der Waals surface area contributed by atoms with Crippen molar-refractivity contribution in [3.63, 3.8) is 0 Å². The van der Waals surface area contributed by atoms with Gasteiger partial charge in [0.15, 0.2) is 0 Å². The van der Waals surface area contributed by atoms with Gasteiger partial charge in [0.05, 0.1) is 7.11 Å². The molecule has 0 bridgehead atoms. The van der Waals surface area contributed by atoms with E-state index in [-0.39, 0.29) is 5.82 Å². The molecule has 1 aromatic carbocycles. The average Bonchev–Trinajstić information content (AvgIpc) is 3.25. The van der Waals surface area contributed by atoms with Crippen LogP contribution in [0.3, 0.4) is 0 Å². The van der Waals surface area contributed by atoms with Crippen molar-refractivity contribution >= 4 is 17.4 Å². The van der Waals surface area contributed by atoms with Crippen LogP contribution in [0.4, 0.5) is 0 Å². The fourth-order valence-corrected chi connectivity index (χ4v) is 3.05. The number of aromatic amines is 1. The largest absolute Gasteiger partial charge is 0.497 e. The van der Waals surface area contributed by atoms with E-state index in [4.69, 9.17) is 4.74 Å². The predicted octanol–water partition coefficient (Wildman–Crippen LogP) is 2.61.